The van der Waals surface area contributed by atoms with Crippen LogP contribution in [0.15, 0.2) is 46.9 Å². The number of aromatic hydroxyl groups is 1. The molecule has 124 valence electrons. The van der Waals surface area contributed by atoms with Crippen LogP contribution in [0.4, 0.5) is 0 Å². The first kappa shape index (κ1) is 16.6. The first-order chi connectivity index (χ1) is 11.5. The Morgan fingerprint density at radius 1 is 1.21 bits per heavy atom. The maximum atomic E-state index is 11.8. The van der Waals surface area contributed by atoms with Crippen molar-refractivity contribution in [1.29, 1.82) is 0 Å². The number of fused-ring (bicyclic) bond motifs is 1. The lowest BCUT2D eigenvalue weighted by molar-refractivity contribution is -0.139. The monoisotopic (exact) mass is 387 g/mol. The molecule has 1 heterocycles. The highest BCUT2D eigenvalue weighted by Gasteiger charge is 2.17. The van der Waals surface area contributed by atoms with Crippen LogP contribution in [-0.2, 0) is 22.5 Å². The number of rotatable bonds is 4. The minimum atomic E-state index is -0.288. The Balaban J connectivity index is 2.11. The van der Waals surface area contributed by atoms with Gasteiger partial charge in [-0.3, -0.25) is 4.79 Å². The highest BCUT2D eigenvalue weighted by Crippen LogP contribution is 2.30. The van der Waals surface area contributed by atoms with E-state index >= 15 is 0 Å². The van der Waals surface area contributed by atoms with E-state index in [0.717, 1.165) is 32.2 Å². The van der Waals surface area contributed by atoms with E-state index in [0.29, 0.717) is 6.54 Å². The zero-order valence-corrected chi connectivity index (χ0v) is 15.1. The van der Waals surface area contributed by atoms with Gasteiger partial charge < -0.3 is 14.4 Å². The summed E-state index contributed by atoms with van der Waals surface area (Å²) < 4.78 is 8.01. The molecule has 24 heavy (non-hydrogen) atoms. The van der Waals surface area contributed by atoms with Crippen molar-refractivity contribution in [2.75, 3.05) is 7.11 Å². The molecule has 0 atom stereocenters. The van der Waals surface area contributed by atoms with Gasteiger partial charge in [0.15, 0.2) is 0 Å². The number of ether oxygens (including phenoxy) is 1. The second kappa shape index (κ2) is 6.69. The average molecular weight is 388 g/mol. The lowest BCUT2D eigenvalue weighted by Gasteiger charge is -2.09. The molecule has 5 heteroatoms. The molecule has 3 aromatic rings. The quantitative estimate of drug-likeness (QED) is 0.683. The Bertz CT molecular complexity index is 897. The summed E-state index contributed by atoms with van der Waals surface area (Å²) in [7, 11) is 1.39. The fraction of sp³-hybridized carbons (Fsp3) is 0.211. The van der Waals surface area contributed by atoms with Crippen LogP contribution in [0.3, 0.4) is 0 Å². The molecule has 0 fully saturated rings. The molecule has 0 bridgehead atoms. The van der Waals surface area contributed by atoms with Gasteiger partial charge in [0.2, 0.25) is 0 Å². The SMILES string of the molecule is COC(=O)Cc1c(C)n(Cc2ccc(Br)cc2)c2ccc(O)cc12. The second-order valence-corrected chi connectivity index (χ2v) is 6.65. The van der Waals surface area contributed by atoms with Gasteiger partial charge in [0, 0.05) is 27.6 Å². The summed E-state index contributed by atoms with van der Waals surface area (Å²) in [6, 6.07) is 13.4. The number of hydrogen-bond acceptors (Lipinski definition) is 3. The number of phenols is 1. The van der Waals surface area contributed by atoms with Crippen LogP contribution in [-0.4, -0.2) is 22.8 Å². The average Bonchev–Trinajstić information content (AvgIpc) is 2.82. The van der Waals surface area contributed by atoms with Gasteiger partial charge in [0.1, 0.15) is 5.75 Å². The molecule has 3 rings (SSSR count). The highest BCUT2D eigenvalue weighted by molar-refractivity contribution is 9.10. The number of phenolic OH excluding ortho intramolecular Hbond substituents is 1. The number of halogens is 1. The van der Waals surface area contributed by atoms with E-state index in [-0.39, 0.29) is 18.1 Å². The number of aromatic nitrogens is 1. The molecule has 0 saturated heterocycles. The highest BCUT2D eigenvalue weighted by atomic mass is 79.9. The smallest absolute Gasteiger partial charge is 0.310 e. The van der Waals surface area contributed by atoms with E-state index in [1.807, 2.05) is 25.1 Å². The Hall–Kier alpha value is -2.27. The topological polar surface area (TPSA) is 51.5 Å². The van der Waals surface area contributed by atoms with Gasteiger partial charge in [0.05, 0.1) is 13.5 Å². The van der Waals surface area contributed by atoms with E-state index in [9.17, 15) is 9.90 Å². The van der Waals surface area contributed by atoms with Gasteiger partial charge in [-0.25, -0.2) is 0 Å². The van der Waals surface area contributed by atoms with Crippen molar-refractivity contribution in [2.45, 2.75) is 19.9 Å². The molecular weight excluding hydrogens is 370 g/mol. The van der Waals surface area contributed by atoms with Crippen LogP contribution in [0, 0.1) is 6.92 Å². The fourth-order valence-corrected chi connectivity index (χ4v) is 3.22. The minimum absolute atomic E-state index is 0.189. The Morgan fingerprint density at radius 3 is 2.58 bits per heavy atom. The van der Waals surface area contributed by atoms with Gasteiger partial charge >= 0.3 is 5.97 Å². The van der Waals surface area contributed by atoms with Gasteiger partial charge in [-0.1, -0.05) is 28.1 Å². The van der Waals surface area contributed by atoms with E-state index in [2.05, 4.69) is 32.6 Å². The summed E-state index contributed by atoms with van der Waals surface area (Å²) in [5, 5.41) is 10.7. The fourth-order valence-electron chi connectivity index (χ4n) is 2.96. The molecule has 0 aliphatic rings. The summed E-state index contributed by atoms with van der Waals surface area (Å²) in [5.41, 5.74) is 4.05. The van der Waals surface area contributed by atoms with Crippen molar-refractivity contribution in [3.63, 3.8) is 0 Å². The minimum Gasteiger partial charge on any atom is -0.508 e. The van der Waals surface area contributed by atoms with E-state index in [1.54, 1.807) is 12.1 Å². The molecule has 0 aliphatic heterocycles. The van der Waals surface area contributed by atoms with Crippen molar-refractivity contribution in [1.82, 2.24) is 4.57 Å². The summed E-state index contributed by atoms with van der Waals surface area (Å²) in [6.07, 6.45) is 0.190. The molecule has 0 amide bonds. The third-order valence-electron chi connectivity index (χ3n) is 4.24. The van der Waals surface area contributed by atoms with Crippen molar-refractivity contribution in [2.24, 2.45) is 0 Å². The van der Waals surface area contributed by atoms with Crippen LogP contribution < -0.4 is 0 Å². The first-order valence-corrected chi connectivity index (χ1v) is 8.41. The normalized spacial score (nSPS) is 11.0. The van der Waals surface area contributed by atoms with Crippen molar-refractivity contribution in [3.05, 3.63) is 63.8 Å². The van der Waals surface area contributed by atoms with Gasteiger partial charge in [-0.15, -0.1) is 0 Å². The number of methoxy groups -OCH3 is 1. The largest absolute Gasteiger partial charge is 0.508 e. The Labute approximate surface area is 148 Å². The van der Waals surface area contributed by atoms with Crippen LogP contribution in [0.1, 0.15) is 16.8 Å². The molecule has 0 aliphatic carbocycles. The summed E-state index contributed by atoms with van der Waals surface area (Å²) >= 11 is 3.45. The van der Waals surface area contributed by atoms with E-state index in [1.165, 1.54) is 7.11 Å². The molecule has 1 aromatic heterocycles. The number of esters is 1. The van der Waals surface area contributed by atoms with Crippen molar-refractivity contribution in [3.8, 4) is 5.75 Å². The van der Waals surface area contributed by atoms with Gasteiger partial charge in [-0.05, 0) is 48.4 Å². The van der Waals surface area contributed by atoms with Crippen LogP contribution >= 0.6 is 15.9 Å². The van der Waals surface area contributed by atoms with Crippen LogP contribution in [0.25, 0.3) is 10.9 Å². The molecule has 0 radical (unpaired) electrons. The number of hydrogen-bond donors (Lipinski definition) is 1. The summed E-state index contributed by atoms with van der Waals surface area (Å²) in [5.74, 6) is -0.0986. The third-order valence-corrected chi connectivity index (χ3v) is 4.77. The predicted molar refractivity (Wildman–Crippen MR) is 97.3 cm³/mol. The number of nitrogens with zero attached hydrogens (tertiary/aromatic N) is 1. The molecule has 4 nitrogen and oxygen atoms in total. The molecular formula is C19H18BrNO3. The standard InChI is InChI=1S/C19H18BrNO3/c1-12-16(10-19(23)24-2)17-9-15(22)7-8-18(17)21(12)11-13-3-5-14(20)6-4-13/h3-9,22H,10-11H2,1-2H3. The van der Waals surface area contributed by atoms with Crippen LogP contribution in [0.2, 0.25) is 0 Å². The van der Waals surface area contributed by atoms with E-state index in [4.69, 9.17) is 4.74 Å². The Morgan fingerprint density at radius 2 is 1.92 bits per heavy atom. The summed E-state index contributed by atoms with van der Waals surface area (Å²) in [4.78, 5) is 11.8. The zero-order valence-electron chi connectivity index (χ0n) is 13.5. The number of carbonyl (C=O) groups excluding carboxylic acids is 1. The van der Waals surface area contributed by atoms with E-state index < -0.39 is 0 Å². The lowest BCUT2D eigenvalue weighted by Crippen LogP contribution is -2.07. The first-order valence-electron chi connectivity index (χ1n) is 7.61. The van der Waals surface area contributed by atoms with Crippen LogP contribution in [0.5, 0.6) is 5.75 Å². The number of benzene rings is 2. The molecule has 0 unspecified atom stereocenters. The maximum absolute atomic E-state index is 11.8. The van der Waals surface area contributed by atoms with Crippen molar-refractivity contribution < 1.29 is 14.6 Å². The van der Waals surface area contributed by atoms with Gasteiger partial charge in [-0.2, -0.15) is 0 Å². The molecule has 2 aromatic carbocycles. The van der Waals surface area contributed by atoms with Gasteiger partial charge in [0.25, 0.3) is 0 Å². The lowest BCUT2D eigenvalue weighted by atomic mass is 10.1. The Kier molecular flexibility index (Phi) is 4.62. The maximum Gasteiger partial charge on any atom is 0.310 e. The zero-order chi connectivity index (χ0) is 17.3. The summed E-state index contributed by atoms with van der Waals surface area (Å²) in [6.45, 7) is 2.69. The molecule has 0 spiro atoms. The molecule has 0 saturated carbocycles. The predicted octanol–water partition coefficient (Wildman–Crippen LogP) is 4.18. The van der Waals surface area contributed by atoms with Crippen molar-refractivity contribution >= 4 is 32.8 Å². The molecule has 1 N–H and O–H groups in total. The third kappa shape index (κ3) is 3.17. The second-order valence-electron chi connectivity index (χ2n) is 5.73. The number of carbonyl (C=O) groups is 1.